The van der Waals surface area contributed by atoms with Crippen LogP contribution in [0.1, 0.15) is 0 Å². The van der Waals surface area contributed by atoms with Gasteiger partial charge in [0.1, 0.15) is 0 Å². The second-order valence-electron chi connectivity index (χ2n) is 5.25. The van der Waals surface area contributed by atoms with Crippen LogP contribution in [0, 0.1) is 17.5 Å². The molecule has 3 rings (SSSR count). The third-order valence-corrected chi connectivity index (χ3v) is 4.90. The number of anilines is 1. The van der Waals surface area contributed by atoms with Gasteiger partial charge in [-0.1, -0.05) is 42.5 Å². The monoisotopic (exact) mass is 363 g/mol. The van der Waals surface area contributed by atoms with E-state index in [1.165, 1.54) is 12.1 Å². The lowest BCUT2D eigenvalue weighted by Gasteiger charge is -2.10. The van der Waals surface area contributed by atoms with E-state index in [1.807, 2.05) is 35.1 Å². The van der Waals surface area contributed by atoms with Crippen molar-refractivity contribution in [2.75, 3.05) is 4.72 Å². The van der Waals surface area contributed by atoms with Crippen LogP contribution in [0.25, 0.3) is 11.1 Å². The number of nitrogens with one attached hydrogen (secondary N) is 1. The second kappa shape index (κ2) is 6.60. The standard InChI is InChI=1S/C18H12F3NO2S/c19-16-10-14(11-17(20)18(16)21)22-25(23,24)15-8-6-13(7-9-15)12-4-2-1-3-5-12/h1-11,22H. The number of halogens is 3. The van der Waals surface area contributed by atoms with Gasteiger partial charge in [-0.15, -0.1) is 0 Å². The van der Waals surface area contributed by atoms with Crippen LogP contribution in [0.15, 0.2) is 71.6 Å². The van der Waals surface area contributed by atoms with Crippen LogP contribution in [0.3, 0.4) is 0 Å². The van der Waals surface area contributed by atoms with Gasteiger partial charge in [-0.05, 0) is 23.3 Å². The SMILES string of the molecule is O=S(=O)(Nc1cc(F)c(F)c(F)c1)c1ccc(-c2ccccc2)cc1. The minimum Gasteiger partial charge on any atom is -0.279 e. The number of benzene rings is 3. The van der Waals surface area contributed by atoms with Crippen LogP contribution < -0.4 is 4.72 Å². The van der Waals surface area contributed by atoms with E-state index < -0.39 is 33.2 Å². The molecule has 0 spiro atoms. The Hall–Kier alpha value is -2.80. The summed E-state index contributed by atoms with van der Waals surface area (Å²) < 4.78 is 66.0. The Bertz CT molecular complexity index is 981. The third kappa shape index (κ3) is 3.66. The summed E-state index contributed by atoms with van der Waals surface area (Å²) in [7, 11) is -4.06. The molecule has 0 atom stereocenters. The Morgan fingerprint density at radius 2 is 1.24 bits per heavy atom. The number of rotatable bonds is 4. The number of sulfonamides is 1. The summed E-state index contributed by atoms with van der Waals surface area (Å²) in [4.78, 5) is -0.0858. The Balaban J connectivity index is 1.88. The van der Waals surface area contributed by atoms with Gasteiger partial charge in [0.05, 0.1) is 10.6 Å². The quantitative estimate of drug-likeness (QED) is 0.690. The molecule has 128 valence electrons. The summed E-state index contributed by atoms with van der Waals surface area (Å²) in [6.45, 7) is 0. The molecule has 0 heterocycles. The molecule has 1 N–H and O–H groups in total. The normalized spacial score (nSPS) is 11.3. The third-order valence-electron chi connectivity index (χ3n) is 3.51. The van der Waals surface area contributed by atoms with Gasteiger partial charge < -0.3 is 0 Å². The van der Waals surface area contributed by atoms with Crippen LogP contribution in [0.5, 0.6) is 0 Å². The summed E-state index contributed by atoms with van der Waals surface area (Å²) in [6.07, 6.45) is 0. The maximum absolute atomic E-state index is 13.2. The van der Waals surface area contributed by atoms with E-state index in [0.29, 0.717) is 12.1 Å². The molecule has 0 amide bonds. The summed E-state index contributed by atoms with van der Waals surface area (Å²) in [5.74, 6) is -4.61. The van der Waals surface area contributed by atoms with Crippen molar-refractivity contribution >= 4 is 15.7 Å². The fourth-order valence-corrected chi connectivity index (χ4v) is 3.33. The van der Waals surface area contributed by atoms with Gasteiger partial charge in [0, 0.05) is 12.1 Å². The smallest absolute Gasteiger partial charge is 0.261 e. The number of hydrogen-bond acceptors (Lipinski definition) is 2. The highest BCUT2D eigenvalue weighted by Crippen LogP contribution is 2.24. The van der Waals surface area contributed by atoms with E-state index in [-0.39, 0.29) is 4.90 Å². The molecular weight excluding hydrogens is 351 g/mol. The zero-order valence-electron chi connectivity index (χ0n) is 12.7. The molecule has 0 aliphatic carbocycles. The Morgan fingerprint density at radius 1 is 0.720 bits per heavy atom. The van der Waals surface area contributed by atoms with Gasteiger partial charge in [0.2, 0.25) is 0 Å². The number of hydrogen-bond donors (Lipinski definition) is 1. The molecule has 7 heteroatoms. The van der Waals surface area contributed by atoms with E-state index in [1.54, 1.807) is 12.1 Å². The van der Waals surface area contributed by atoms with Crippen LogP contribution in [0.2, 0.25) is 0 Å². The van der Waals surface area contributed by atoms with Crippen LogP contribution in [-0.4, -0.2) is 8.42 Å². The molecule has 0 aromatic heterocycles. The highest BCUT2D eigenvalue weighted by Gasteiger charge is 2.17. The van der Waals surface area contributed by atoms with Crippen LogP contribution in [-0.2, 0) is 10.0 Å². The Morgan fingerprint density at radius 3 is 1.80 bits per heavy atom. The van der Waals surface area contributed by atoms with Gasteiger partial charge >= 0.3 is 0 Å². The summed E-state index contributed by atoms with van der Waals surface area (Å²) in [6, 6.07) is 16.5. The topological polar surface area (TPSA) is 46.2 Å². The van der Waals surface area contributed by atoms with Gasteiger partial charge in [0.15, 0.2) is 17.5 Å². The highest BCUT2D eigenvalue weighted by molar-refractivity contribution is 7.92. The van der Waals surface area contributed by atoms with Crippen molar-refractivity contribution in [2.45, 2.75) is 4.90 Å². The Kier molecular flexibility index (Phi) is 4.50. The zero-order chi connectivity index (χ0) is 18.0. The van der Waals surface area contributed by atoms with Crippen molar-refractivity contribution in [3.05, 3.63) is 84.2 Å². The first kappa shape index (κ1) is 17.0. The van der Waals surface area contributed by atoms with E-state index in [0.717, 1.165) is 11.1 Å². The molecule has 0 aliphatic heterocycles. The molecule has 3 nitrogen and oxygen atoms in total. The first-order valence-electron chi connectivity index (χ1n) is 7.20. The van der Waals surface area contributed by atoms with Crippen LogP contribution in [0.4, 0.5) is 18.9 Å². The molecule has 0 saturated carbocycles. The van der Waals surface area contributed by atoms with Crippen molar-refractivity contribution in [2.24, 2.45) is 0 Å². The van der Waals surface area contributed by atoms with E-state index >= 15 is 0 Å². The van der Waals surface area contributed by atoms with E-state index in [2.05, 4.69) is 0 Å². The maximum atomic E-state index is 13.2. The first-order chi connectivity index (χ1) is 11.9. The molecule has 0 bridgehead atoms. The van der Waals surface area contributed by atoms with Crippen molar-refractivity contribution < 1.29 is 21.6 Å². The lowest BCUT2D eigenvalue weighted by molar-refractivity contribution is 0.448. The van der Waals surface area contributed by atoms with E-state index in [4.69, 9.17) is 0 Å². The fraction of sp³-hybridized carbons (Fsp3) is 0. The van der Waals surface area contributed by atoms with Crippen molar-refractivity contribution in [3.8, 4) is 11.1 Å². The lowest BCUT2D eigenvalue weighted by Crippen LogP contribution is -2.13. The van der Waals surface area contributed by atoms with Crippen LogP contribution >= 0.6 is 0 Å². The predicted octanol–water partition coefficient (Wildman–Crippen LogP) is 4.57. The fourth-order valence-electron chi connectivity index (χ4n) is 2.29. The van der Waals surface area contributed by atoms with Gasteiger partial charge in [-0.25, -0.2) is 21.6 Å². The average molecular weight is 363 g/mol. The highest BCUT2D eigenvalue weighted by atomic mass is 32.2. The molecular formula is C18H12F3NO2S. The van der Waals surface area contributed by atoms with Crippen molar-refractivity contribution in [1.29, 1.82) is 0 Å². The Labute approximate surface area is 142 Å². The molecule has 0 unspecified atom stereocenters. The largest absolute Gasteiger partial charge is 0.279 e. The summed E-state index contributed by atoms with van der Waals surface area (Å²) in [5.41, 5.74) is 1.34. The maximum Gasteiger partial charge on any atom is 0.261 e. The van der Waals surface area contributed by atoms with Crippen molar-refractivity contribution in [3.63, 3.8) is 0 Å². The van der Waals surface area contributed by atoms with Gasteiger partial charge in [-0.3, -0.25) is 4.72 Å². The first-order valence-corrected chi connectivity index (χ1v) is 8.68. The molecule has 3 aromatic carbocycles. The molecule has 3 aromatic rings. The zero-order valence-corrected chi connectivity index (χ0v) is 13.5. The van der Waals surface area contributed by atoms with E-state index in [9.17, 15) is 21.6 Å². The lowest BCUT2D eigenvalue weighted by atomic mass is 10.1. The minimum atomic E-state index is -4.06. The minimum absolute atomic E-state index is 0.0858. The average Bonchev–Trinajstić information content (AvgIpc) is 2.60. The summed E-state index contributed by atoms with van der Waals surface area (Å²) in [5, 5.41) is 0. The molecule has 0 aliphatic rings. The van der Waals surface area contributed by atoms with Crippen molar-refractivity contribution in [1.82, 2.24) is 0 Å². The molecule has 0 radical (unpaired) electrons. The molecule has 25 heavy (non-hydrogen) atoms. The second-order valence-corrected chi connectivity index (χ2v) is 6.93. The molecule has 0 fully saturated rings. The predicted molar refractivity (Wildman–Crippen MR) is 89.0 cm³/mol. The van der Waals surface area contributed by atoms with Gasteiger partial charge in [0.25, 0.3) is 10.0 Å². The summed E-state index contributed by atoms with van der Waals surface area (Å²) >= 11 is 0. The molecule has 0 saturated heterocycles. The van der Waals surface area contributed by atoms with Gasteiger partial charge in [-0.2, -0.15) is 0 Å².